The Hall–Kier alpha value is -2.07. The van der Waals surface area contributed by atoms with Gasteiger partial charge in [-0.15, -0.1) is 0 Å². The maximum Gasteiger partial charge on any atom is 0.208 e. The van der Waals surface area contributed by atoms with Gasteiger partial charge in [0.2, 0.25) is 9.84 Å². The van der Waals surface area contributed by atoms with Crippen molar-refractivity contribution in [1.82, 2.24) is 4.98 Å². The van der Waals surface area contributed by atoms with Crippen LogP contribution in [0.4, 0.5) is 0 Å². The number of aryl methyl sites for hydroxylation is 1. The van der Waals surface area contributed by atoms with Gasteiger partial charge in [-0.25, -0.2) is 8.42 Å². The topological polar surface area (TPSA) is 49.9 Å². The van der Waals surface area contributed by atoms with Crippen molar-refractivity contribution in [2.24, 2.45) is 0 Å². The number of aromatic nitrogens is 1. The zero-order valence-electron chi connectivity index (χ0n) is 10.4. The summed E-state index contributed by atoms with van der Waals surface area (Å²) in [5.74, 6) is 0. The van der Waals surface area contributed by atoms with Gasteiger partial charge < -0.3 is 4.98 Å². The van der Waals surface area contributed by atoms with Crippen LogP contribution in [0.3, 0.4) is 0 Å². The number of aromatic amines is 1. The van der Waals surface area contributed by atoms with Crippen molar-refractivity contribution in [3.63, 3.8) is 0 Å². The molecular formula is C15H13NO2S. The highest BCUT2D eigenvalue weighted by atomic mass is 32.2. The van der Waals surface area contributed by atoms with Crippen LogP contribution >= 0.6 is 0 Å². The lowest BCUT2D eigenvalue weighted by molar-refractivity contribution is 0.597. The number of benzene rings is 2. The molecule has 19 heavy (non-hydrogen) atoms. The van der Waals surface area contributed by atoms with Crippen molar-refractivity contribution in [2.45, 2.75) is 16.7 Å². The molecule has 4 heteroatoms. The van der Waals surface area contributed by atoms with Gasteiger partial charge in [0.05, 0.1) is 9.79 Å². The third-order valence-corrected chi connectivity index (χ3v) is 5.01. The van der Waals surface area contributed by atoms with Crippen molar-refractivity contribution in [3.05, 3.63) is 60.3 Å². The predicted molar refractivity (Wildman–Crippen MR) is 74.9 cm³/mol. The van der Waals surface area contributed by atoms with E-state index in [0.29, 0.717) is 9.79 Å². The fourth-order valence-electron chi connectivity index (χ4n) is 2.27. The highest BCUT2D eigenvalue weighted by molar-refractivity contribution is 7.91. The summed E-state index contributed by atoms with van der Waals surface area (Å²) in [6, 6.07) is 14.2. The number of hydrogen-bond acceptors (Lipinski definition) is 2. The Morgan fingerprint density at radius 1 is 0.947 bits per heavy atom. The van der Waals surface area contributed by atoms with Crippen LogP contribution in [0.15, 0.2) is 64.5 Å². The summed E-state index contributed by atoms with van der Waals surface area (Å²) in [7, 11) is -3.48. The number of H-pyrrole nitrogens is 1. The second-order valence-corrected chi connectivity index (χ2v) is 6.38. The monoisotopic (exact) mass is 271 g/mol. The molecule has 0 spiro atoms. The van der Waals surface area contributed by atoms with Gasteiger partial charge in [0.1, 0.15) is 0 Å². The minimum atomic E-state index is -3.48. The Balaban J connectivity index is 2.31. The van der Waals surface area contributed by atoms with Crippen LogP contribution in [0.5, 0.6) is 0 Å². The summed E-state index contributed by atoms with van der Waals surface area (Å²) in [6.07, 6.45) is 1.57. The van der Waals surface area contributed by atoms with E-state index in [1.807, 2.05) is 25.1 Å². The molecule has 3 nitrogen and oxygen atoms in total. The van der Waals surface area contributed by atoms with Gasteiger partial charge in [-0.3, -0.25) is 0 Å². The average Bonchev–Trinajstić information content (AvgIpc) is 2.86. The van der Waals surface area contributed by atoms with Crippen molar-refractivity contribution in [1.29, 1.82) is 0 Å². The Labute approximate surface area is 111 Å². The summed E-state index contributed by atoms with van der Waals surface area (Å²) >= 11 is 0. The molecular weight excluding hydrogens is 258 g/mol. The van der Waals surface area contributed by atoms with Gasteiger partial charge in [0.25, 0.3) is 0 Å². The number of sulfone groups is 1. The Kier molecular flexibility index (Phi) is 2.68. The summed E-state index contributed by atoms with van der Waals surface area (Å²) in [6.45, 7) is 1.92. The molecule has 3 rings (SSSR count). The normalized spacial score (nSPS) is 11.8. The summed E-state index contributed by atoms with van der Waals surface area (Å²) in [4.78, 5) is 3.68. The molecule has 0 aliphatic heterocycles. The molecule has 2 aromatic carbocycles. The summed E-state index contributed by atoms with van der Waals surface area (Å²) in [5, 5.41) is 0.770. The van der Waals surface area contributed by atoms with E-state index in [-0.39, 0.29) is 0 Å². The molecule has 0 radical (unpaired) electrons. The zero-order chi connectivity index (χ0) is 13.5. The minimum Gasteiger partial charge on any atom is -0.360 e. The maximum atomic E-state index is 12.6. The maximum absolute atomic E-state index is 12.6. The highest BCUT2D eigenvalue weighted by Crippen LogP contribution is 2.30. The lowest BCUT2D eigenvalue weighted by atomic mass is 10.1. The lowest BCUT2D eigenvalue weighted by Gasteiger charge is -2.04. The summed E-state index contributed by atoms with van der Waals surface area (Å²) in [5.41, 5.74) is 1.79. The molecule has 0 saturated carbocycles. The molecule has 0 fully saturated rings. The highest BCUT2D eigenvalue weighted by Gasteiger charge is 2.22. The third-order valence-electron chi connectivity index (χ3n) is 3.22. The first-order valence-electron chi connectivity index (χ1n) is 5.97. The zero-order valence-corrected chi connectivity index (χ0v) is 11.2. The Morgan fingerprint density at radius 2 is 1.68 bits per heavy atom. The van der Waals surface area contributed by atoms with E-state index in [0.717, 1.165) is 16.5 Å². The van der Waals surface area contributed by atoms with Crippen LogP contribution in [0.25, 0.3) is 10.9 Å². The molecule has 0 bridgehead atoms. The van der Waals surface area contributed by atoms with Crippen LogP contribution in [0, 0.1) is 6.92 Å². The van der Waals surface area contributed by atoms with E-state index in [9.17, 15) is 8.42 Å². The van der Waals surface area contributed by atoms with Crippen LogP contribution in [0.1, 0.15) is 5.56 Å². The molecule has 0 saturated heterocycles. The first-order valence-corrected chi connectivity index (χ1v) is 7.46. The fraction of sp³-hybridized carbons (Fsp3) is 0.0667. The van der Waals surface area contributed by atoms with E-state index in [1.165, 1.54) is 0 Å². The largest absolute Gasteiger partial charge is 0.360 e. The van der Waals surface area contributed by atoms with Gasteiger partial charge in [0, 0.05) is 17.1 Å². The smallest absolute Gasteiger partial charge is 0.208 e. The quantitative estimate of drug-likeness (QED) is 0.777. The number of hydrogen-bond donors (Lipinski definition) is 1. The number of nitrogens with one attached hydrogen (secondary N) is 1. The Morgan fingerprint density at radius 3 is 2.42 bits per heavy atom. The second kappa shape index (κ2) is 4.24. The summed E-state index contributed by atoms with van der Waals surface area (Å²) < 4.78 is 25.3. The molecule has 0 amide bonds. The van der Waals surface area contributed by atoms with Crippen LogP contribution in [0.2, 0.25) is 0 Å². The van der Waals surface area contributed by atoms with Gasteiger partial charge in [-0.05, 0) is 30.7 Å². The van der Waals surface area contributed by atoms with E-state index in [4.69, 9.17) is 0 Å². The fourth-order valence-corrected chi connectivity index (χ4v) is 3.79. The minimum absolute atomic E-state index is 0.319. The first-order chi connectivity index (χ1) is 9.10. The van der Waals surface area contributed by atoms with Gasteiger partial charge >= 0.3 is 0 Å². The van der Waals surface area contributed by atoms with Crippen molar-refractivity contribution in [2.75, 3.05) is 0 Å². The molecule has 3 aromatic rings. The third kappa shape index (κ3) is 1.85. The molecule has 1 heterocycles. The Bertz CT molecular complexity index is 833. The van der Waals surface area contributed by atoms with E-state index < -0.39 is 9.84 Å². The van der Waals surface area contributed by atoms with E-state index >= 15 is 0 Å². The molecule has 1 N–H and O–H groups in total. The van der Waals surface area contributed by atoms with Crippen molar-refractivity contribution >= 4 is 20.7 Å². The standard InChI is InChI=1S/C15H13NO2S/c1-11-6-5-9-13-15(11)14(10-16-13)19(17,18)12-7-3-2-4-8-12/h2-10,16H,1H3. The average molecular weight is 271 g/mol. The molecule has 0 aliphatic rings. The van der Waals surface area contributed by atoms with Gasteiger partial charge in [-0.2, -0.15) is 0 Å². The molecule has 0 unspecified atom stereocenters. The molecule has 0 aliphatic carbocycles. The lowest BCUT2D eigenvalue weighted by Crippen LogP contribution is -2.01. The van der Waals surface area contributed by atoms with Crippen molar-refractivity contribution < 1.29 is 8.42 Å². The SMILES string of the molecule is Cc1cccc2[nH]cc(S(=O)(=O)c3ccccc3)c12. The molecule has 0 atom stereocenters. The number of fused-ring (bicyclic) bond motifs is 1. The molecule has 96 valence electrons. The second-order valence-electron chi connectivity index (χ2n) is 4.47. The van der Waals surface area contributed by atoms with E-state index in [1.54, 1.807) is 36.5 Å². The molecule has 1 aromatic heterocycles. The van der Waals surface area contributed by atoms with Gasteiger partial charge in [0.15, 0.2) is 0 Å². The van der Waals surface area contributed by atoms with Crippen LogP contribution < -0.4 is 0 Å². The van der Waals surface area contributed by atoms with Crippen molar-refractivity contribution in [3.8, 4) is 0 Å². The van der Waals surface area contributed by atoms with Gasteiger partial charge in [-0.1, -0.05) is 30.3 Å². The predicted octanol–water partition coefficient (Wildman–Crippen LogP) is 3.31. The number of rotatable bonds is 2. The van der Waals surface area contributed by atoms with Crippen LogP contribution in [-0.4, -0.2) is 13.4 Å². The van der Waals surface area contributed by atoms with E-state index in [2.05, 4.69) is 4.98 Å². The first kappa shape index (κ1) is 12.0. The van der Waals surface area contributed by atoms with Crippen LogP contribution in [-0.2, 0) is 9.84 Å².